The average molecular weight is 410 g/mol. The molecule has 136 valence electrons. The quantitative estimate of drug-likeness (QED) is 0.623. The number of ether oxygens (including phenoxy) is 2. The Morgan fingerprint density at radius 2 is 1.44 bits per heavy atom. The van der Waals surface area contributed by atoms with Crippen molar-refractivity contribution >= 4 is 15.7 Å². The second-order valence-corrected chi connectivity index (χ2v) is 7.25. The van der Waals surface area contributed by atoms with E-state index in [-0.39, 0.29) is 57.7 Å². The zero-order valence-corrected chi connectivity index (χ0v) is 19.4. The molecule has 27 heavy (non-hydrogen) atoms. The Balaban J connectivity index is 0.00000196. The molecule has 0 bridgehead atoms. The third-order valence-corrected chi connectivity index (χ3v) is 5.27. The van der Waals surface area contributed by atoms with Crippen LogP contribution in [-0.4, -0.2) is 22.6 Å². The molecule has 0 atom stereocenters. The van der Waals surface area contributed by atoms with Gasteiger partial charge in [0, 0.05) is 11.8 Å². The van der Waals surface area contributed by atoms with Crippen molar-refractivity contribution < 1.29 is 70.7 Å². The molecule has 0 aliphatic heterocycles. The number of rotatable bonds is 6. The molecule has 5 nitrogen and oxygen atoms in total. The van der Waals surface area contributed by atoms with E-state index in [0.29, 0.717) is 17.2 Å². The van der Waals surface area contributed by atoms with E-state index in [1.807, 2.05) is 42.5 Å². The standard InChI is InChI=1S/C20H19NO4S.K.H/c1-24-19-12-11-18(14-20(19)25-2)26(22,23)21-17-10-6-9-16(13-17)15-7-4-3-5-8-15;;/h3-14,21H,1-2H3;;/q;+1;-1. The number of benzene rings is 3. The molecule has 0 spiro atoms. The van der Waals surface area contributed by atoms with Gasteiger partial charge in [0.25, 0.3) is 10.0 Å². The Morgan fingerprint density at radius 3 is 2.11 bits per heavy atom. The minimum atomic E-state index is -3.76. The fourth-order valence-electron chi connectivity index (χ4n) is 2.59. The molecule has 0 aliphatic carbocycles. The predicted molar refractivity (Wildman–Crippen MR) is 103 cm³/mol. The molecule has 3 rings (SSSR count). The van der Waals surface area contributed by atoms with Crippen LogP contribution in [0.3, 0.4) is 0 Å². The van der Waals surface area contributed by atoms with E-state index in [2.05, 4.69) is 4.72 Å². The molecule has 0 fully saturated rings. The van der Waals surface area contributed by atoms with E-state index >= 15 is 0 Å². The Kier molecular flexibility index (Phi) is 7.90. The van der Waals surface area contributed by atoms with Gasteiger partial charge in [0.1, 0.15) is 0 Å². The van der Waals surface area contributed by atoms with Gasteiger partial charge in [-0.15, -0.1) is 0 Å². The zero-order chi connectivity index (χ0) is 18.6. The molecule has 0 unspecified atom stereocenters. The maximum Gasteiger partial charge on any atom is 1.00 e. The first-order chi connectivity index (χ1) is 12.5. The Labute approximate surface area is 203 Å². The fraction of sp³-hybridized carbons (Fsp3) is 0.100. The molecular weight excluding hydrogens is 389 g/mol. The first-order valence-corrected chi connectivity index (χ1v) is 9.42. The predicted octanol–water partition coefficient (Wildman–Crippen LogP) is 1.29. The van der Waals surface area contributed by atoms with Crippen molar-refractivity contribution in [1.82, 2.24) is 0 Å². The van der Waals surface area contributed by atoms with Gasteiger partial charge < -0.3 is 10.9 Å². The summed E-state index contributed by atoms with van der Waals surface area (Å²) in [4.78, 5) is 0.0975. The van der Waals surface area contributed by atoms with Crippen LogP contribution in [0.25, 0.3) is 11.1 Å². The number of anilines is 1. The molecule has 0 saturated heterocycles. The monoisotopic (exact) mass is 409 g/mol. The van der Waals surface area contributed by atoms with Crippen LogP contribution in [0.15, 0.2) is 77.7 Å². The van der Waals surface area contributed by atoms with E-state index in [4.69, 9.17) is 9.47 Å². The van der Waals surface area contributed by atoms with E-state index in [1.54, 1.807) is 18.2 Å². The molecule has 7 heteroatoms. The Bertz CT molecular complexity index is 1010. The van der Waals surface area contributed by atoms with E-state index in [0.717, 1.165) is 11.1 Å². The summed E-state index contributed by atoms with van der Waals surface area (Å²) in [6.07, 6.45) is 0. The summed E-state index contributed by atoms with van der Waals surface area (Å²) < 4.78 is 38.4. The number of hydrogen-bond acceptors (Lipinski definition) is 4. The van der Waals surface area contributed by atoms with Crippen molar-refractivity contribution in [2.45, 2.75) is 4.90 Å². The van der Waals surface area contributed by atoms with Crippen LogP contribution in [0.5, 0.6) is 11.5 Å². The van der Waals surface area contributed by atoms with Crippen molar-refractivity contribution in [3.05, 3.63) is 72.8 Å². The van der Waals surface area contributed by atoms with E-state index in [1.165, 1.54) is 26.4 Å². The van der Waals surface area contributed by atoms with Crippen LogP contribution in [0, 0.1) is 0 Å². The number of hydrogen-bond donors (Lipinski definition) is 1. The first-order valence-electron chi connectivity index (χ1n) is 7.94. The topological polar surface area (TPSA) is 64.6 Å². The second kappa shape index (κ2) is 9.72. The van der Waals surface area contributed by atoms with Crippen LogP contribution >= 0.6 is 0 Å². The smallest absolute Gasteiger partial charge is 1.00 e. The van der Waals surface area contributed by atoms with Gasteiger partial charge in [-0.25, -0.2) is 8.42 Å². The second-order valence-electron chi connectivity index (χ2n) is 5.57. The molecule has 3 aromatic carbocycles. The number of methoxy groups -OCH3 is 2. The van der Waals surface area contributed by atoms with Crippen molar-refractivity contribution in [2.75, 3.05) is 18.9 Å². The summed E-state index contributed by atoms with van der Waals surface area (Å²) in [6.45, 7) is 0. The van der Waals surface area contributed by atoms with Gasteiger partial charge in [-0.05, 0) is 35.4 Å². The van der Waals surface area contributed by atoms with Gasteiger partial charge in [0.05, 0.1) is 19.1 Å². The van der Waals surface area contributed by atoms with Crippen molar-refractivity contribution in [1.29, 1.82) is 0 Å². The average Bonchev–Trinajstić information content (AvgIpc) is 2.68. The molecule has 0 aromatic heterocycles. The number of sulfonamides is 1. The zero-order valence-electron chi connectivity index (χ0n) is 16.5. The summed E-state index contributed by atoms with van der Waals surface area (Å²) in [5.41, 5.74) is 2.43. The maximum absolute atomic E-state index is 12.7. The van der Waals surface area contributed by atoms with Crippen LogP contribution in [0.2, 0.25) is 0 Å². The fourth-order valence-corrected chi connectivity index (χ4v) is 3.66. The molecule has 1 N–H and O–H groups in total. The van der Waals surface area contributed by atoms with Gasteiger partial charge in [0.15, 0.2) is 11.5 Å². The van der Waals surface area contributed by atoms with Crippen LogP contribution in [0.4, 0.5) is 5.69 Å². The summed E-state index contributed by atoms with van der Waals surface area (Å²) >= 11 is 0. The maximum atomic E-state index is 12.7. The SMILES string of the molecule is COc1ccc(S(=O)(=O)Nc2cccc(-c3ccccc3)c2)cc1OC.[H-].[K+]. The van der Waals surface area contributed by atoms with Gasteiger partial charge >= 0.3 is 51.4 Å². The molecule has 0 heterocycles. The molecule has 0 aliphatic rings. The molecule has 3 aromatic rings. The van der Waals surface area contributed by atoms with Crippen LogP contribution in [0.1, 0.15) is 1.43 Å². The summed E-state index contributed by atoms with van der Waals surface area (Å²) in [7, 11) is -0.793. The van der Waals surface area contributed by atoms with Crippen LogP contribution < -0.4 is 65.6 Å². The van der Waals surface area contributed by atoms with Crippen molar-refractivity contribution in [3.63, 3.8) is 0 Å². The minimum Gasteiger partial charge on any atom is -1.00 e. The van der Waals surface area contributed by atoms with E-state index < -0.39 is 10.0 Å². The molecule has 0 amide bonds. The van der Waals surface area contributed by atoms with E-state index in [9.17, 15) is 8.42 Å². The minimum absolute atomic E-state index is 0. The van der Waals surface area contributed by atoms with Gasteiger partial charge in [-0.3, -0.25) is 4.72 Å². The molecule has 0 radical (unpaired) electrons. The summed E-state index contributed by atoms with van der Waals surface area (Å²) in [5, 5.41) is 0. The third kappa shape index (κ3) is 5.34. The van der Waals surface area contributed by atoms with Gasteiger partial charge in [-0.1, -0.05) is 42.5 Å². The van der Waals surface area contributed by atoms with Crippen molar-refractivity contribution in [3.8, 4) is 22.6 Å². The molecule has 0 saturated carbocycles. The largest absolute Gasteiger partial charge is 1.00 e. The summed E-state index contributed by atoms with van der Waals surface area (Å²) in [5.74, 6) is 0.825. The van der Waals surface area contributed by atoms with Crippen LogP contribution in [-0.2, 0) is 10.0 Å². The van der Waals surface area contributed by atoms with Crippen molar-refractivity contribution in [2.24, 2.45) is 0 Å². The third-order valence-electron chi connectivity index (χ3n) is 3.89. The normalized spacial score (nSPS) is 10.6. The van der Waals surface area contributed by atoms with Gasteiger partial charge in [-0.2, -0.15) is 0 Å². The number of nitrogens with one attached hydrogen (secondary N) is 1. The summed E-state index contributed by atoms with van der Waals surface area (Å²) in [6, 6.07) is 21.5. The Morgan fingerprint density at radius 1 is 0.778 bits per heavy atom. The Hall–Kier alpha value is -1.35. The molecular formula is C20H20KNO4S. The van der Waals surface area contributed by atoms with Gasteiger partial charge in [0.2, 0.25) is 0 Å². The first kappa shape index (κ1) is 21.9.